The van der Waals surface area contributed by atoms with Crippen molar-refractivity contribution in [1.82, 2.24) is 4.98 Å². The molecule has 0 aliphatic carbocycles. The lowest BCUT2D eigenvalue weighted by Gasteiger charge is -2.07. The molecule has 1 heterocycles. The molecule has 1 aromatic rings. The van der Waals surface area contributed by atoms with Gasteiger partial charge in [-0.25, -0.2) is 9.78 Å². The van der Waals surface area contributed by atoms with Crippen molar-refractivity contribution in [3.63, 3.8) is 0 Å². The number of ether oxygens (including phenoxy) is 1. The second-order valence-corrected chi connectivity index (χ2v) is 5.71. The zero-order valence-electron chi connectivity index (χ0n) is 13.2. The van der Waals surface area contributed by atoms with Gasteiger partial charge in [-0.15, -0.1) is 0 Å². The summed E-state index contributed by atoms with van der Waals surface area (Å²) in [6.07, 6.45) is 8.85. The quantitative estimate of drug-likeness (QED) is 0.338. The number of halogens is 1. The number of nitrogens with zero attached hydrogens (tertiary/aromatic N) is 1. The minimum atomic E-state index is -0.301. The Labute approximate surface area is 133 Å². The second-order valence-electron chi connectivity index (χ2n) is 5.32. The van der Waals surface area contributed by atoms with Crippen molar-refractivity contribution < 1.29 is 9.53 Å². The summed E-state index contributed by atoms with van der Waals surface area (Å²) in [7, 11) is 0. The summed E-state index contributed by atoms with van der Waals surface area (Å²) >= 11 is 5.94. The molecular weight excluding hydrogens is 286 g/mol. The van der Waals surface area contributed by atoms with E-state index < -0.39 is 0 Å². The van der Waals surface area contributed by atoms with Gasteiger partial charge >= 0.3 is 5.97 Å². The third-order valence-corrected chi connectivity index (χ3v) is 3.51. The molecule has 0 saturated heterocycles. The van der Waals surface area contributed by atoms with Gasteiger partial charge in [0.15, 0.2) is 0 Å². The zero-order valence-corrected chi connectivity index (χ0v) is 13.9. The third kappa shape index (κ3) is 7.47. The Balaban J connectivity index is 2.34. The van der Waals surface area contributed by atoms with E-state index in [-0.39, 0.29) is 5.97 Å². The summed E-state index contributed by atoms with van der Waals surface area (Å²) in [5.41, 5.74) is 1.35. The van der Waals surface area contributed by atoms with Crippen LogP contribution in [0, 0.1) is 0 Å². The molecule has 0 bridgehead atoms. The van der Waals surface area contributed by atoms with Crippen molar-refractivity contribution in [1.29, 1.82) is 0 Å². The number of carbonyl (C=O) groups excluding carboxylic acids is 1. The number of esters is 1. The number of carbonyl (C=O) groups is 1. The van der Waals surface area contributed by atoms with E-state index in [1.165, 1.54) is 25.7 Å². The molecule has 0 fully saturated rings. The van der Waals surface area contributed by atoms with Crippen molar-refractivity contribution in [3.8, 4) is 0 Å². The highest BCUT2D eigenvalue weighted by atomic mass is 35.5. The number of unbranched alkanes of at least 4 members (excludes halogenated alkanes) is 5. The molecule has 1 rings (SSSR count). The molecule has 21 heavy (non-hydrogen) atoms. The minimum Gasteiger partial charge on any atom is -0.462 e. The maximum Gasteiger partial charge on any atom is 0.338 e. The van der Waals surface area contributed by atoms with Crippen molar-refractivity contribution >= 4 is 17.6 Å². The molecule has 0 atom stereocenters. The lowest BCUT2D eigenvalue weighted by Crippen LogP contribution is -2.08. The van der Waals surface area contributed by atoms with E-state index in [1.54, 1.807) is 12.1 Å². The maximum absolute atomic E-state index is 12.0. The van der Waals surface area contributed by atoms with Crippen LogP contribution in [0.15, 0.2) is 12.1 Å². The predicted molar refractivity (Wildman–Crippen MR) is 86.9 cm³/mol. The average molecular weight is 312 g/mol. The first-order chi connectivity index (χ1) is 10.2. The van der Waals surface area contributed by atoms with Crippen LogP contribution in [-0.2, 0) is 11.2 Å². The summed E-state index contributed by atoms with van der Waals surface area (Å²) in [6.45, 7) is 4.75. The Morgan fingerprint density at radius 2 is 1.81 bits per heavy atom. The molecule has 0 radical (unpaired) electrons. The van der Waals surface area contributed by atoms with E-state index in [0.29, 0.717) is 17.3 Å². The first-order valence-electron chi connectivity index (χ1n) is 8.01. The normalized spacial score (nSPS) is 10.6. The summed E-state index contributed by atoms with van der Waals surface area (Å²) in [4.78, 5) is 16.2. The van der Waals surface area contributed by atoms with Crippen molar-refractivity contribution in [2.45, 2.75) is 65.2 Å². The Bertz CT molecular complexity index is 435. The fraction of sp³-hybridized carbons (Fsp3) is 0.647. The van der Waals surface area contributed by atoms with Gasteiger partial charge in [-0.3, -0.25) is 0 Å². The third-order valence-electron chi connectivity index (χ3n) is 3.32. The molecule has 0 aromatic carbocycles. The van der Waals surface area contributed by atoms with Gasteiger partial charge in [0.05, 0.1) is 12.2 Å². The number of pyridine rings is 1. The fourth-order valence-corrected chi connectivity index (χ4v) is 2.41. The SMILES string of the molecule is CCCCCCCCOC(=O)c1cc(Cl)nc(CCC)c1. The van der Waals surface area contributed by atoms with E-state index in [0.717, 1.165) is 31.4 Å². The van der Waals surface area contributed by atoms with Crippen LogP contribution in [-0.4, -0.2) is 17.6 Å². The van der Waals surface area contributed by atoms with Gasteiger partial charge in [-0.05, 0) is 25.0 Å². The highest BCUT2D eigenvalue weighted by Gasteiger charge is 2.10. The molecule has 1 aromatic heterocycles. The molecule has 0 unspecified atom stereocenters. The van der Waals surface area contributed by atoms with E-state index in [1.807, 2.05) is 0 Å². The van der Waals surface area contributed by atoms with Gasteiger partial charge in [0.2, 0.25) is 0 Å². The van der Waals surface area contributed by atoms with Crippen molar-refractivity contribution in [2.75, 3.05) is 6.61 Å². The molecule has 0 aliphatic rings. The summed E-state index contributed by atoms with van der Waals surface area (Å²) < 4.78 is 5.30. The Morgan fingerprint density at radius 1 is 1.10 bits per heavy atom. The molecule has 0 saturated carbocycles. The first-order valence-corrected chi connectivity index (χ1v) is 8.38. The Morgan fingerprint density at radius 3 is 2.52 bits per heavy atom. The van der Waals surface area contributed by atoms with E-state index in [9.17, 15) is 4.79 Å². The van der Waals surface area contributed by atoms with Crippen molar-refractivity contribution in [2.24, 2.45) is 0 Å². The molecule has 4 heteroatoms. The zero-order chi connectivity index (χ0) is 15.5. The average Bonchev–Trinajstić information content (AvgIpc) is 2.46. The number of hydrogen-bond donors (Lipinski definition) is 0. The van der Waals surface area contributed by atoms with Crippen LogP contribution in [0.1, 0.15) is 74.8 Å². The number of rotatable bonds is 10. The van der Waals surface area contributed by atoms with Gasteiger partial charge in [-0.1, -0.05) is 64.0 Å². The monoisotopic (exact) mass is 311 g/mol. The first kappa shape index (κ1) is 18.0. The van der Waals surface area contributed by atoms with E-state index >= 15 is 0 Å². The Hall–Kier alpha value is -1.09. The number of aromatic nitrogens is 1. The van der Waals surface area contributed by atoms with Crippen molar-refractivity contribution in [3.05, 3.63) is 28.5 Å². The molecule has 118 valence electrons. The number of hydrogen-bond acceptors (Lipinski definition) is 3. The van der Waals surface area contributed by atoms with Crippen LogP contribution >= 0.6 is 11.6 Å². The van der Waals surface area contributed by atoms with E-state index in [2.05, 4.69) is 18.8 Å². The number of aryl methyl sites for hydroxylation is 1. The predicted octanol–water partition coefficient (Wildman–Crippen LogP) is 5.20. The summed E-state index contributed by atoms with van der Waals surface area (Å²) in [5.74, 6) is -0.301. The van der Waals surface area contributed by atoms with Gasteiger partial charge in [-0.2, -0.15) is 0 Å². The fourth-order valence-electron chi connectivity index (χ4n) is 2.18. The minimum absolute atomic E-state index is 0.301. The van der Waals surface area contributed by atoms with Crippen LogP contribution in [0.25, 0.3) is 0 Å². The van der Waals surface area contributed by atoms with Gasteiger partial charge in [0.1, 0.15) is 5.15 Å². The molecule has 0 amide bonds. The molecule has 0 N–H and O–H groups in total. The molecule has 0 aliphatic heterocycles. The lowest BCUT2D eigenvalue weighted by molar-refractivity contribution is 0.0497. The van der Waals surface area contributed by atoms with Crippen LogP contribution in [0.2, 0.25) is 5.15 Å². The van der Waals surface area contributed by atoms with Crippen LogP contribution in [0.5, 0.6) is 0 Å². The van der Waals surface area contributed by atoms with Gasteiger partial charge < -0.3 is 4.74 Å². The van der Waals surface area contributed by atoms with Crippen LogP contribution in [0.3, 0.4) is 0 Å². The second kappa shape index (κ2) is 10.6. The highest BCUT2D eigenvalue weighted by molar-refractivity contribution is 6.29. The lowest BCUT2D eigenvalue weighted by atomic mass is 10.1. The standard InChI is InChI=1S/C17H26ClNO2/c1-3-5-6-7-8-9-11-21-17(20)14-12-15(10-4-2)19-16(18)13-14/h12-13H,3-11H2,1-2H3. The maximum atomic E-state index is 12.0. The smallest absolute Gasteiger partial charge is 0.338 e. The molecular formula is C17H26ClNO2. The van der Waals surface area contributed by atoms with Gasteiger partial charge in [0.25, 0.3) is 0 Å². The molecule has 0 spiro atoms. The van der Waals surface area contributed by atoms with Crippen LogP contribution < -0.4 is 0 Å². The summed E-state index contributed by atoms with van der Waals surface area (Å²) in [6, 6.07) is 3.35. The largest absolute Gasteiger partial charge is 0.462 e. The highest BCUT2D eigenvalue weighted by Crippen LogP contribution is 2.14. The van der Waals surface area contributed by atoms with E-state index in [4.69, 9.17) is 16.3 Å². The van der Waals surface area contributed by atoms with Crippen LogP contribution in [0.4, 0.5) is 0 Å². The molecule has 3 nitrogen and oxygen atoms in total. The topological polar surface area (TPSA) is 39.2 Å². The Kier molecular flexibility index (Phi) is 9.07. The summed E-state index contributed by atoms with van der Waals surface area (Å²) in [5, 5.41) is 0.354. The van der Waals surface area contributed by atoms with Gasteiger partial charge in [0, 0.05) is 5.69 Å².